The van der Waals surface area contributed by atoms with Crippen LogP contribution in [0.3, 0.4) is 0 Å². The van der Waals surface area contributed by atoms with Gasteiger partial charge in [0, 0.05) is 12.2 Å². The zero-order valence-corrected chi connectivity index (χ0v) is 14.6. The largest absolute Gasteiger partial charge is 0.465 e. The molecule has 1 aromatic carbocycles. The molecular formula is C18H24N2O5. The number of amidine groups is 1. The highest BCUT2D eigenvalue weighted by Crippen LogP contribution is 2.32. The van der Waals surface area contributed by atoms with E-state index in [-0.39, 0.29) is 24.8 Å². The fourth-order valence-electron chi connectivity index (χ4n) is 2.55. The fraction of sp³-hybridized carbons (Fsp3) is 0.556. The molecule has 0 unspecified atom stereocenters. The summed E-state index contributed by atoms with van der Waals surface area (Å²) in [7, 11) is 0. The molecule has 2 aliphatic rings. The van der Waals surface area contributed by atoms with Crippen molar-refractivity contribution in [3.63, 3.8) is 0 Å². The van der Waals surface area contributed by atoms with Gasteiger partial charge in [0.2, 0.25) is 6.79 Å². The van der Waals surface area contributed by atoms with Crippen LogP contribution in [0.25, 0.3) is 0 Å². The second-order valence-corrected chi connectivity index (χ2v) is 6.51. The Labute approximate surface area is 147 Å². The van der Waals surface area contributed by atoms with E-state index in [4.69, 9.17) is 18.9 Å². The van der Waals surface area contributed by atoms with Crippen molar-refractivity contribution in [2.45, 2.75) is 32.8 Å². The van der Waals surface area contributed by atoms with E-state index in [0.717, 1.165) is 19.4 Å². The lowest BCUT2D eigenvalue weighted by molar-refractivity contribution is 0.0959. The molecule has 3 rings (SSSR count). The summed E-state index contributed by atoms with van der Waals surface area (Å²) < 4.78 is 21.8. The summed E-state index contributed by atoms with van der Waals surface area (Å²) in [5, 5.41) is 2.74. The lowest BCUT2D eigenvalue weighted by Gasteiger charge is -2.14. The van der Waals surface area contributed by atoms with Crippen molar-refractivity contribution in [1.82, 2.24) is 5.32 Å². The third kappa shape index (κ3) is 4.85. The third-order valence-corrected chi connectivity index (χ3v) is 3.87. The van der Waals surface area contributed by atoms with Gasteiger partial charge in [-0.3, -0.25) is 10.1 Å². The Morgan fingerprint density at radius 2 is 2.20 bits per heavy atom. The second kappa shape index (κ2) is 8.20. The van der Waals surface area contributed by atoms with Gasteiger partial charge in [0.1, 0.15) is 0 Å². The van der Waals surface area contributed by atoms with Crippen LogP contribution >= 0.6 is 0 Å². The first-order valence-corrected chi connectivity index (χ1v) is 8.61. The van der Waals surface area contributed by atoms with Gasteiger partial charge in [-0.25, -0.2) is 4.99 Å². The molecule has 25 heavy (non-hydrogen) atoms. The molecule has 1 amide bonds. The number of amides is 1. The maximum Gasteiger partial charge on any atom is 0.291 e. The zero-order valence-electron chi connectivity index (χ0n) is 14.6. The number of hydrogen-bond donors (Lipinski definition) is 1. The predicted octanol–water partition coefficient (Wildman–Crippen LogP) is 2.35. The number of ether oxygens (including phenoxy) is 4. The highest BCUT2D eigenvalue weighted by atomic mass is 16.7. The normalized spacial score (nSPS) is 19.3. The minimum absolute atomic E-state index is 0.0973. The van der Waals surface area contributed by atoms with E-state index >= 15 is 0 Å². The second-order valence-electron chi connectivity index (χ2n) is 6.51. The van der Waals surface area contributed by atoms with Gasteiger partial charge in [0.15, 0.2) is 11.5 Å². The fourth-order valence-corrected chi connectivity index (χ4v) is 2.55. The molecule has 1 N–H and O–H groups in total. The van der Waals surface area contributed by atoms with Crippen LogP contribution in [-0.2, 0) is 9.47 Å². The maximum absolute atomic E-state index is 12.5. The monoisotopic (exact) mass is 348 g/mol. The van der Waals surface area contributed by atoms with Gasteiger partial charge in [-0.15, -0.1) is 0 Å². The summed E-state index contributed by atoms with van der Waals surface area (Å²) in [5.74, 6) is 1.23. The minimum atomic E-state index is -0.298. The molecule has 1 aromatic rings. The van der Waals surface area contributed by atoms with Crippen LogP contribution in [0.2, 0.25) is 0 Å². The summed E-state index contributed by atoms with van der Waals surface area (Å²) in [6.45, 7) is 5.98. The van der Waals surface area contributed by atoms with E-state index in [0.29, 0.717) is 36.1 Å². The highest BCUT2D eigenvalue weighted by molar-refractivity contribution is 6.04. The smallest absolute Gasteiger partial charge is 0.291 e. The molecule has 0 aromatic heterocycles. The number of nitrogens with zero attached hydrogens (tertiary/aromatic N) is 1. The average Bonchev–Trinajstić information content (AvgIpc) is 3.27. The van der Waals surface area contributed by atoms with Crippen LogP contribution in [0.15, 0.2) is 23.2 Å². The van der Waals surface area contributed by atoms with E-state index in [1.807, 2.05) is 13.8 Å². The maximum atomic E-state index is 12.5. The zero-order chi connectivity index (χ0) is 17.6. The Balaban J connectivity index is 1.65. The van der Waals surface area contributed by atoms with Crippen molar-refractivity contribution >= 4 is 11.9 Å². The summed E-state index contributed by atoms with van der Waals surface area (Å²) in [4.78, 5) is 16.9. The van der Waals surface area contributed by atoms with Crippen molar-refractivity contribution in [3.8, 4) is 11.5 Å². The van der Waals surface area contributed by atoms with Crippen LogP contribution in [0.5, 0.6) is 11.5 Å². The van der Waals surface area contributed by atoms with Gasteiger partial charge in [-0.05, 0) is 37.0 Å². The Hall–Kier alpha value is -2.28. The molecular weight excluding hydrogens is 324 g/mol. The number of aliphatic imine (C=N–C) groups is 1. The van der Waals surface area contributed by atoms with Crippen LogP contribution < -0.4 is 14.8 Å². The van der Waals surface area contributed by atoms with Gasteiger partial charge in [-0.2, -0.15) is 0 Å². The molecule has 136 valence electrons. The van der Waals surface area contributed by atoms with Gasteiger partial charge in [-0.1, -0.05) is 13.8 Å². The van der Waals surface area contributed by atoms with Crippen molar-refractivity contribution in [2.24, 2.45) is 10.9 Å². The van der Waals surface area contributed by atoms with Crippen LogP contribution in [-0.4, -0.2) is 44.6 Å². The topological polar surface area (TPSA) is 78.4 Å². The van der Waals surface area contributed by atoms with E-state index < -0.39 is 0 Å². The molecule has 2 heterocycles. The van der Waals surface area contributed by atoms with Gasteiger partial charge < -0.3 is 18.9 Å². The first-order valence-electron chi connectivity index (χ1n) is 8.61. The Morgan fingerprint density at radius 3 is 2.96 bits per heavy atom. The standard InChI is InChI=1S/C18H24N2O5/c1-12(2)10-23-18(19-9-14-4-3-7-22-14)20-17(21)13-5-6-15-16(8-13)25-11-24-15/h5-6,8,12,14H,3-4,7,9-11H2,1-2H3,(H,19,20,21)/t14-/m0/s1. The van der Waals surface area contributed by atoms with E-state index in [1.165, 1.54) is 0 Å². The number of benzene rings is 1. The van der Waals surface area contributed by atoms with Crippen molar-refractivity contribution in [3.05, 3.63) is 23.8 Å². The molecule has 0 aliphatic carbocycles. The summed E-state index contributed by atoms with van der Waals surface area (Å²) in [6, 6.07) is 5.28. The molecule has 1 saturated heterocycles. The van der Waals surface area contributed by atoms with E-state index in [1.54, 1.807) is 18.2 Å². The number of hydrogen-bond acceptors (Lipinski definition) is 6. The Bertz CT molecular complexity index is 638. The number of nitrogens with one attached hydrogen (secondary N) is 1. The van der Waals surface area contributed by atoms with E-state index in [9.17, 15) is 4.79 Å². The number of carbonyl (C=O) groups excluding carboxylic acids is 1. The first-order chi connectivity index (χ1) is 12.1. The SMILES string of the molecule is CC(C)COC(=NC[C@@H]1CCCO1)NC(=O)c1ccc2c(c1)OCO2. The molecule has 7 heteroatoms. The van der Waals surface area contributed by atoms with Gasteiger partial charge >= 0.3 is 0 Å². The van der Waals surface area contributed by atoms with Crippen LogP contribution in [0.1, 0.15) is 37.0 Å². The van der Waals surface area contributed by atoms with Crippen molar-refractivity contribution in [1.29, 1.82) is 0 Å². The molecule has 1 fully saturated rings. The molecule has 0 radical (unpaired) electrons. The lowest BCUT2D eigenvalue weighted by atomic mass is 10.2. The summed E-state index contributed by atoms with van der Waals surface area (Å²) in [5.41, 5.74) is 0.460. The van der Waals surface area contributed by atoms with Crippen molar-refractivity contribution < 1.29 is 23.7 Å². The molecule has 0 bridgehead atoms. The first kappa shape index (κ1) is 17.5. The van der Waals surface area contributed by atoms with Crippen LogP contribution in [0, 0.1) is 5.92 Å². The van der Waals surface area contributed by atoms with Gasteiger partial charge in [0.05, 0.1) is 19.3 Å². The van der Waals surface area contributed by atoms with Gasteiger partial charge in [0.25, 0.3) is 11.9 Å². The molecule has 2 aliphatic heterocycles. The number of fused-ring (bicyclic) bond motifs is 1. The summed E-state index contributed by atoms with van der Waals surface area (Å²) >= 11 is 0. The van der Waals surface area contributed by atoms with Crippen molar-refractivity contribution in [2.75, 3.05) is 26.6 Å². The molecule has 0 saturated carbocycles. The lowest BCUT2D eigenvalue weighted by Crippen LogP contribution is -2.34. The predicted molar refractivity (Wildman–Crippen MR) is 92.1 cm³/mol. The van der Waals surface area contributed by atoms with E-state index in [2.05, 4.69) is 10.3 Å². The number of carbonyl (C=O) groups is 1. The Kier molecular flexibility index (Phi) is 5.75. The molecule has 7 nitrogen and oxygen atoms in total. The third-order valence-electron chi connectivity index (χ3n) is 3.87. The quantitative estimate of drug-likeness (QED) is 0.653. The summed E-state index contributed by atoms with van der Waals surface area (Å²) in [6.07, 6.45) is 2.13. The number of rotatable bonds is 5. The Morgan fingerprint density at radius 1 is 1.36 bits per heavy atom. The molecule has 0 spiro atoms. The van der Waals surface area contributed by atoms with Crippen LogP contribution in [0.4, 0.5) is 0 Å². The molecule has 1 atom stereocenters. The highest BCUT2D eigenvalue weighted by Gasteiger charge is 2.19. The minimum Gasteiger partial charge on any atom is -0.465 e. The average molecular weight is 348 g/mol.